The van der Waals surface area contributed by atoms with Crippen molar-refractivity contribution in [3.05, 3.63) is 70.1 Å². The van der Waals surface area contributed by atoms with Crippen LogP contribution in [0.25, 0.3) is 11.5 Å². The van der Waals surface area contributed by atoms with Gasteiger partial charge in [-0.3, -0.25) is 4.79 Å². The highest BCUT2D eigenvalue weighted by molar-refractivity contribution is 6.30. The molecule has 138 valence electrons. The molecule has 1 fully saturated rings. The number of benzene rings is 2. The number of hydrogen-bond acceptors (Lipinski definition) is 4. The maximum atomic E-state index is 13.1. The second kappa shape index (κ2) is 7.16. The molecule has 0 spiro atoms. The zero-order chi connectivity index (χ0) is 19.0. The van der Waals surface area contributed by atoms with Crippen LogP contribution in [0, 0.1) is 13.8 Å². The molecule has 1 aromatic heterocycles. The summed E-state index contributed by atoms with van der Waals surface area (Å²) in [4.78, 5) is 14.9. The molecule has 3 aromatic rings. The first-order valence-corrected chi connectivity index (χ1v) is 9.35. The van der Waals surface area contributed by atoms with Gasteiger partial charge in [0.05, 0.1) is 6.54 Å². The number of hydrogen-bond donors (Lipinski definition) is 0. The van der Waals surface area contributed by atoms with Crippen molar-refractivity contribution in [3.63, 3.8) is 0 Å². The minimum absolute atomic E-state index is 0.00976. The summed E-state index contributed by atoms with van der Waals surface area (Å²) in [6.07, 6.45) is 2.02. The third-order valence-electron chi connectivity index (χ3n) is 4.58. The summed E-state index contributed by atoms with van der Waals surface area (Å²) in [5.74, 6) is 0.872. The Labute approximate surface area is 163 Å². The van der Waals surface area contributed by atoms with Gasteiger partial charge in [-0.2, -0.15) is 0 Å². The van der Waals surface area contributed by atoms with Gasteiger partial charge in [0.2, 0.25) is 11.8 Å². The van der Waals surface area contributed by atoms with Crippen LogP contribution in [0.2, 0.25) is 5.02 Å². The summed E-state index contributed by atoms with van der Waals surface area (Å²) in [6, 6.07) is 13.4. The van der Waals surface area contributed by atoms with Gasteiger partial charge in [0.15, 0.2) is 0 Å². The summed E-state index contributed by atoms with van der Waals surface area (Å²) in [5, 5.41) is 8.89. The molecule has 1 aliphatic rings. The molecule has 0 bridgehead atoms. The van der Waals surface area contributed by atoms with Crippen LogP contribution in [0.4, 0.5) is 0 Å². The molecular weight excluding hydrogens is 362 g/mol. The largest absolute Gasteiger partial charge is 0.419 e. The number of rotatable bonds is 5. The topological polar surface area (TPSA) is 59.2 Å². The second-order valence-corrected chi connectivity index (χ2v) is 7.48. The van der Waals surface area contributed by atoms with E-state index in [9.17, 15) is 4.79 Å². The first-order valence-electron chi connectivity index (χ1n) is 8.97. The molecule has 0 saturated heterocycles. The first kappa shape index (κ1) is 17.7. The molecule has 1 amide bonds. The zero-order valence-electron chi connectivity index (χ0n) is 15.3. The van der Waals surface area contributed by atoms with Crippen molar-refractivity contribution in [2.45, 2.75) is 39.3 Å². The van der Waals surface area contributed by atoms with Crippen LogP contribution < -0.4 is 0 Å². The van der Waals surface area contributed by atoms with Gasteiger partial charge in [-0.05, 0) is 63.1 Å². The van der Waals surface area contributed by atoms with Gasteiger partial charge in [0.1, 0.15) is 0 Å². The summed E-state index contributed by atoms with van der Waals surface area (Å²) < 4.78 is 5.79. The van der Waals surface area contributed by atoms with E-state index in [4.69, 9.17) is 16.0 Å². The molecule has 0 radical (unpaired) electrons. The van der Waals surface area contributed by atoms with E-state index in [0.29, 0.717) is 28.9 Å². The van der Waals surface area contributed by atoms with Crippen molar-refractivity contribution < 1.29 is 9.21 Å². The lowest BCUT2D eigenvalue weighted by molar-refractivity contribution is 0.0714. The molecule has 1 saturated carbocycles. The Morgan fingerprint density at radius 3 is 2.41 bits per heavy atom. The van der Waals surface area contributed by atoms with Gasteiger partial charge in [0.25, 0.3) is 5.91 Å². The smallest absolute Gasteiger partial charge is 0.254 e. The monoisotopic (exact) mass is 381 g/mol. The van der Waals surface area contributed by atoms with Crippen LogP contribution >= 0.6 is 11.6 Å². The van der Waals surface area contributed by atoms with Gasteiger partial charge in [-0.25, -0.2) is 0 Å². The Morgan fingerprint density at radius 1 is 1.11 bits per heavy atom. The van der Waals surface area contributed by atoms with E-state index in [0.717, 1.165) is 29.5 Å². The molecule has 0 aliphatic heterocycles. The number of carbonyl (C=O) groups is 1. The fourth-order valence-corrected chi connectivity index (χ4v) is 3.32. The molecule has 6 heteroatoms. The molecule has 0 unspecified atom stereocenters. The number of aromatic nitrogens is 2. The fraction of sp³-hybridized carbons (Fsp3) is 0.286. The van der Waals surface area contributed by atoms with E-state index in [1.54, 1.807) is 12.1 Å². The molecule has 5 nitrogen and oxygen atoms in total. The van der Waals surface area contributed by atoms with Crippen LogP contribution in [0.5, 0.6) is 0 Å². The molecule has 4 rings (SSSR count). The Kier molecular flexibility index (Phi) is 4.70. The fourth-order valence-electron chi connectivity index (χ4n) is 3.19. The van der Waals surface area contributed by atoms with Crippen LogP contribution in [-0.4, -0.2) is 27.0 Å². The van der Waals surface area contributed by atoms with Gasteiger partial charge in [0, 0.05) is 22.2 Å². The predicted octanol–water partition coefficient (Wildman–Crippen LogP) is 4.81. The molecule has 0 atom stereocenters. The average Bonchev–Trinajstić information content (AvgIpc) is 3.37. The van der Waals surface area contributed by atoms with Gasteiger partial charge in [-0.1, -0.05) is 28.8 Å². The number of carbonyl (C=O) groups excluding carboxylic acids is 1. The molecule has 1 aliphatic carbocycles. The quantitative estimate of drug-likeness (QED) is 0.636. The number of amides is 1. The first-order chi connectivity index (χ1) is 13.0. The van der Waals surface area contributed by atoms with E-state index in [2.05, 4.69) is 16.3 Å². The Hall–Kier alpha value is -2.66. The third-order valence-corrected chi connectivity index (χ3v) is 4.83. The molecule has 1 heterocycles. The van der Waals surface area contributed by atoms with E-state index in [1.807, 2.05) is 43.0 Å². The molecular formula is C21H20ClN3O2. The van der Waals surface area contributed by atoms with Gasteiger partial charge >= 0.3 is 0 Å². The van der Waals surface area contributed by atoms with Crippen LogP contribution in [0.15, 0.2) is 46.9 Å². The lowest BCUT2D eigenvalue weighted by Gasteiger charge is -2.21. The Bertz CT molecular complexity index is 957. The van der Waals surface area contributed by atoms with Crippen molar-refractivity contribution in [2.24, 2.45) is 0 Å². The molecule has 0 N–H and O–H groups in total. The van der Waals surface area contributed by atoms with Crippen molar-refractivity contribution >= 4 is 17.5 Å². The number of nitrogens with zero attached hydrogens (tertiary/aromatic N) is 3. The second-order valence-electron chi connectivity index (χ2n) is 7.05. The van der Waals surface area contributed by atoms with E-state index < -0.39 is 0 Å². The highest BCUT2D eigenvalue weighted by Crippen LogP contribution is 2.30. The predicted molar refractivity (Wildman–Crippen MR) is 104 cm³/mol. The zero-order valence-corrected chi connectivity index (χ0v) is 16.0. The number of halogens is 1. The normalized spacial score (nSPS) is 13.6. The lowest BCUT2D eigenvalue weighted by Crippen LogP contribution is -2.32. The third kappa shape index (κ3) is 4.03. The SMILES string of the molecule is Cc1cc(C)cc(C(=O)N(Cc2nnc(-c3ccc(Cl)cc3)o2)C2CC2)c1. The summed E-state index contributed by atoms with van der Waals surface area (Å²) in [6.45, 7) is 4.32. The summed E-state index contributed by atoms with van der Waals surface area (Å²) in [5.41, 5.74) is 3.67. The maximum Gasteiger partial charge on any atom is 0.254 e. The average molecular weight is 382 g/mol. The van der Waals surface area contributed by atoms with Gasteiger partial charge in [-0.15, -0.1) is 10.2 Å². The molecule has 2 aromatic carbocycles. The Balaban J connectivity index is 1.55. The standard InChI is InChI=1S/C21H20ClN3O2/c1-13-9-14(2)11-16(10-13)21(26)25(18-7-8-18)12-19-23-24-20(27-19)15-3-5-17(22)6-4-15/h3-6,9-11,18H,7-8,12H2,1-2H3. The maximum absolute atomic E-state index is 13.1. The van der Waals surface area contributed by atoms with Gasteiger partial charge < -0.3 is 9.32 Å². The van der Waals surface area contributed by atoms with Crippen molar-refractivity contribution in [1.82, 2.24) is 15.1 Å². The van der Waals surface area contributed by atoms with E-state index in [-0.39, 0.29) is 11.9 Å². The lowest BCUT2D eigenvalue weighted by atomic mass is 10.1. The molecule has 27 heavy (non-hydrogen) atoms. The minimum Gasteiger partial charge on any atom is -0.419 e. The van der Waals surface area contributed by atoms with Crippen molar-refractivity contribution in [3.8, 4) is 11.5 Å². The van der Waals surface area contributed by atoms with Crippen molar-refractivity contribution in [1.29, 1.82) is 0 Å². The summed E-state index contributed by atoms with van der Waals surface area (Å²) >= 11 is 5.92. The Morgan fingerprint density at radius 2 is 1.78 bits per heavy atom. The summed E-state index contributed by atoms with van der Waals surface area (Å²) in [7, 11) is 0. The van der Waals surface area contributed by atoms with Crippen LogP contribution in [0.1, 0.15) is 40.2 Å². The van der Waals surface area contributed by atoms with Crippen LogP contribution in [-0.2, 0) is 6.54 Å². The van der Waals surface area contributed by atoms with E-state index in [1.165, 1.54) is 0 Å². The highest BCUT2D eigenvalue weighted by Gasteiger charge is 2.34. The van der Waals surface area contributed by atoms with Crippen molar-refractivity contribution in [2.75, 3.05) is 0 Å². The highest BCUT2D eigenvalue weighted by atomic mass is 35.5. The minimum atomic E-state index is 0.00976. The van der Waals surface area contributed by atoms with E-state index >= 15 is 0 Å². The van der Waals surface area contributed by atoms with Crippen LogP contribution in [0.3, 0.4) is 0 Å². The number of aryl methyl sites for hydroxylation is 2.